The maximum atomic E-state index is 5.98. The second kappa shape index (κ2) is 11.2. The average Bonchev–Trinajstić information content (AvgIpc) is 3.26. The van der Waals surface area contributed by atoms with Crippen LogP contribution in [0, 0.1) is 0 Å². The lowest BCUT2D eigenvalue weighted by molar-refractivity contribution is 0.303. The third-order valence-corrected chi connectivity index (χ3v) is 6.17. The van der Waals surface area contributed by atoms with E-state index in [-0.39, 0.29) is 0 Å². The minimum atomic E-state index is 0.522. The summed E-state index contributed by atoms with van der Waals surface area (Å²) in [6.45, 7) is 5.89. The lowest BCUT2D eigenvalue weighted by Gasteiger charge is -2.15. The van der Waals surface area contributed by atoms with Gasteiger partial charge < -0.3 is 23.5 Å². The Balaban J connectivity index is 1.51. The van der Waals surface area contributed by atoms with E-state index in [9.17, 15) is 0 Å². The fourth-order valence-electron chi connectivity index (χ4n) is 4.24. The Labute approximate surface area is 207 Å². The number of unbranched alkanes of at least 4 members (excludes halogenated alkanes) is 1. The Kier molecular flexibility index (Phi) is 7.80. The molecule has 0 fully saturated rings. The molecule has 0 bridgehead atoms. The molecule has 0 saturated carbocycles. The van der Waals surface area contributed by atoms with E-state index >= 15 is 0 Å². The smallest absolute Gasteiger partial charge is 0.203 e. The van der Waals surface area contributed by atoms with Gasteiger partial charge in [-0.25, -0.2) is 4.98 Å². The maximum Gasteiger partial charge on any atom is 0.203 e. The quantitative estimate of drug-likeness (QED) is 0.226. The van der Waals surface area contributed by atoms with Crippen molar-refractivity contribution in [2.75, 3.05) is 27.9 Å². The molecule has 1 aromatic heterocycles. The van der Waals surface area contributed by atoms with Crippen molar-refractivity contribution in [2.45, 2.75) is 39.2 Å². The number of methoxy groups -OCH3 is 3. The van der Waals surface area contributed by atoms with Crippen LogP contribution in [0.2, 0.25) is 0 Å². The van der Waals surface area contributed by atoms with E-state index < -0.39 is 0 Å². The van der Waals surface area contributed by atoms with Crippen molar-refractivity contribution < 1.29 is 18.9 Å². The minimum absolute atomic E-state index is 0.522. The second-order valence-corrected chi connectivity index (χ2v) is 8.77. The molecular formula is C29H34N2O4. The van der Waals surface area contributed by atoms with E-state index in [0.717, 1.165) is 47.6 Å². The van der Waals surface area contributed by atoms with Crippen LogP contribution in [-0.2, 0) is 6.54 Å². The first-order valence-electron chi connectivity index (χ1n) is 12.0. The molecule has 184 valence electrons. The van der Waals surface area contributed by atoms with Gasteiger partial charge in [-0.15, -0.1) is 0 Å². The highest BCUT2D eigenvalue weighted by molar-refractivity contribution is 5.81. The molecule has 35 heavy (non-hydrogen) atoms. The summed E-state index contributed by atoms with van der Waals surface area (Å²) in [5.41, 5.74) is 4.29. The summed E-state index contributed by atoms with van der Waals surface area (Å²) in [7, 11) is 4.86. The number of ether oxygens (including phenoxy) is 4. The molecule has 0 N–H and O–H groups in total. The summed E-state index contributed by atoms with van der Waals surface area (Å²) < 4.78 is 24.9. The first kappa shape index (κ1) is 24.5. The lowest BCUT2D eigenvalue weighted by Crippen LogP contribution is -2.05. The molecule has 0 aliphatic heterocycles. The Morgan fingerprint density at radius 3 is 2.14 bits per heavy atom. The Bertz CT molecular complexity index is 1240. The van der Waals surface area contributed by atoms with Gasteiger partial charge in [-0.2, -0.15) is 0 Å². The van der Waals surface area contributed by atoms with E-state index in [1.807, 2.05) is 30.3 Å². The van der Waals surface area contributed by atoms with E-state index in [2.05, 4.69) is 48.7 Å². The molecule has 0 spiro atoms. The Morgan fingerprint density at radius 1 is 0.829 bits per heavy atom. The van der Waals surface area contributed by atoms with Crippen LogP contribution in [-0.4, -0.2) is 37.5 Å². The number of aryl methyl sites for hydroxylation is 1. The van der Waals surface area contributed by atoms with Crippen LogP contribution in [0.3, 0.4) is 0 Å². The fraction of sp³-hybridized carbons (Fsp3) is 0.345. The van der Waals surface area contributed by atoms with Gasteiger partial charge in [0.15, 0.2) is 11.5 Å². The number of fused-ring (bicyclic) bond motifs is 1. The predicted molar refractivity (Wildman–Crippen MR) is 140 cm³/mol. The van der Waals surface area contributed by atoms with Gasteiger partial charge in [-0.3, -0.25) is 0 Å². The molecule has 0 aliphatic rings. The van der Waals surface area contributed by atoms with Crippen LogP contribution in [0.4, 0.5) is 0 Å². The molecule has 0 atom stereocenters. The Morgan fingerprint density at radius 2 is 1.51 bits per heavy atom. The molecule has 0 amide bonds. The number of rotatable bonds is 11. The van der Waals surface area contributed by atoms with Gasteiger partial charge in [0.25, 0.3) is 0 Å². The van der Waals surface area contributed by atoms with Crippen molar-refractivity contribution in [2.24, 2.45) is 0 Å². The van der Waals surface area contributed by atoms with Gasteiger partial charge in [0.2, 0.25) is 5.75 Å². The zero-order chi connectivity index (χ0) is 24.8. The third-order valence-electron chi connectivity index (χ3n) is 6.17. The molecule has 0 aliphatic carbocycles. The number of para-hydroxylation sites is 2. The van der Waals surface area contributed by atoms with E-state index in [1.54, 1.807) is 21.3 Å². The van der Waals surface area contributed by atoms with Crippen LogP contribution >= 0.6 is 0 Å². The molecule has 0 unspecified atom stereocenters. The highest BCUT2D eigenvalue weighted by Crippen LogP contribution is 2.41. The summed E-state index contributed by atoms with van der Waals surface area (Å²) in [5.74, 6) is 4.10. The topological polar surface area (TPSA) is 54.7 Å². The van der Waals surface area contributed by atoms with Gasteiger partial charge in [-0.1, -0.05) is 38.1 Å². The summed E-state index contributed by atoms with van der Waals surface area (Å²) in [6.07, 6.45) is 1.90. The number of benzene rings is 3. The van der Waals surface area contributed by atoms with E-state index in [4.69, 9.17) is 23.9 Å². The first-order chi connectivity index (χ1) is 17.0. The molecule has 6 heteroatoms. The normalized spacial score (nSPS) is 11.1. The van der Waals surface area contributed by atoms with Crippen molar-refractivity contribution in [1.29, 1.82) is 0 Å². The first-order valence-corrected chi connectivity index (χ1v) is 12.0. The van der Waals surface area contributed by atoms with Gasteiger partial charge in [0.1, 0.15) is 11.6 Å². The standard InChI is InChI=1S/C29H34N2O4/c1-20(2)21-12-14-23(15-13-21)35-17-9-8-16-31-25-11-7-6-10-24(25)30-29(31)22-18-26(32-3)28(34-5)27(19-22)33-4/h6-7,10-15,18-20H,8-9,16-17H2,1-5H3. The van der Waals surface area contributed by atoms with Gasteiger partial charge in [0.05, 0.1) is 39.0 Å². The SMILES string of the molecule is COc1cc(-c2nc3ccccc3n2CCCCOc2ccc(C(C)C)cc2)cc(OC)c1OC. The fourth-order valence-corrected chi connectivity index (χ4v) is 4.24. The van der Waals surface area contributed by atoms with Gasteiger partial charge in [-0.05, 0) is 60.7 Å². The van der Waals surface area contributed by atoms with Crippen molar-refractivity contribution in [3.8, 4) is 34.4 Å². The second-order valence-electron chi connectivity index (χ2n) is 8.77. The summed E-state index contributed by atoms with van der Waals surface area (Å²) >= 11 is 0. The van der Waals surface area contributed by atoms with Gasteiger partial charge in [0, 0.05) is 12.1 Å². The lowest BCUT2D eigenvalue weighted by atomic mass is 10.0. The highest BCUT2D eigenvalue weighted by atomic mass is 16.5. The summed E-state index contributed by atoms with van der Waals surface area (Å²) in [4.78, 5) is 4.94. The highest BCUT2D eigenvalue weighted by Gasteiger charge is 2.18. The number of hydrogen-bond acceptors (Lipinski definition) is 5. The summed E-state index contributed by atoms with van der Waals surface area (Å²) in [5, 5.41) is 0. The zero-order valence-corrected chi connectivity index (χ0v) is 21.2. The Hall–Kier alpha value is -3.67. The molecule has 3 aromatic carbocycles. The van der Waals surface area contributed by atoms with E-state index in [0.29, 0.717) is 29.8 Å². The summed E-state index contributed by atoms with van der Waals surface area (Å²) in [6, 6.07) is 20.5. The number of nitrogens with zero attached hydrogens (tertiary/aromatic N) is 2. The monoisotopic (exact) mass is 474 g/mol. The molecule has 0 saturated heterocycles. The van der Waals surface area contributed by atoms with Crippen molar-refractivity contribution in [3.63, 3.8) is 0 Å². The third kappa shape index (κ3) is 5.37. The van der Waals surface area contributed by atoms with Crippen molar-refractivity contribution in [1.82, 2.24) is 9.55 Å². The molecular weight excluding hydrogens is 440 g/mol. The molecule has 6 nitrogen and oxygen atoms in total. The maximum absolute atomic E-state index is 5.98. The number of hydrogen-bond donors (Lipinski definition) is 0. The van der Waals surface area contributed by atoms with Crippen LogP contribution in [0.15, 0.2) is 60.7 Å². The molecule has 4 aromatic rings. The van der Waals surface area contributed by atoms with Crippen LogP contribution in [0.25, 0.3) is 22.4 Å². The average molecular weight is 475 g/mol. The zero-order valence-electron chi connectivity index (χ0n) is 21.2. The van der Waals surface area contributed by atoms with Crippen LogP contribution in [0.5, 0.6) is 23.0 Å². The molecule has 0 radical (unpaired) electrons. The minimum Gasteiger partial charge on any atom is -0.494 e. The van der Waals surface area contributed by atoms with Gasteiger partial charge >= 0.3 is 0 Å². The largest absolute Gasteiger partial charge is 0.494 e. The van der Waals surface area contributed by atoms with Crippen molar-refractivity contribution in [3.05, 3.63) is 66.2 Å². The number of aromatic nitrogens is 2. The van der Waals surface area contributed by atoms with E-state index in [1.165, 1.54) is 5.56 Å². The molecule has 4 rings (SSSR count). The molecule has 1 heterocycles. The van der Waals surface area contributed by atoms with Crippen LogP contribution in [0.1, 0.15) is 38.2 Å². The predicted octanol–water partition coefficient (Wildman–Crippen LogP) is 6.71. The van der Waals surface area contributed by atoms with Crippen molar-refractivity contribution >= 4 is 11.0 Å². The number of imidazole rings is 1. The van der Waals surface area contributed by atoms with Crippen LogP contribution < -0.4 is 18.9 Å².